The molecule has 8 nitrogen and oxygen atoms in total. The zero-order valence-electron chi connectivity index (χ0n) is 15.9. The molecule has 0 unspecified atom stereocenters. The van der Waals surface area contributed by atoms with Crippen molar-refractivity contribution in [1.29, 1.82) is 0 Å². The van der Waals surface area contributed by atoms with Gasteiger partial charge >= 0.3 is 5.97 Å². The maximum atomic E-state index is 12.6. The lowest BCUT2D eigenvalue weighted by Crippen LogP contribution is -2.55. The van der Waals surface area contributed by atoms with Crippen LogP contribution >= 0.6 is 35.3 Å². The third-order valence-electron chi connectivity index (χ3n) is 3.67. The number of carboxylic acid groups (broad SMARTS) is 1. The van der Waals surface area contributed by atoms with Gasteiger partial charge in [-0.2, -0.15) is 35.3 Å². The summed E-state index contributed by atoms with van der Waals surface area (Å²) >= 11 is 4.56. The number of carboxylic acids is 1. The largest absolute Gasteiger partial charge is 0.480 e. The Hall–Kier alpha value is -1.07. The molecule has 0 saturated carbocycles. The first-order valence-corrected chi connectivity index (χ1v) is 12.6. The van der Waals surface area contributed by atoms with Gasteiger partial charge in [-0.05, 0) is 55.3 Å². The minimum atomic E-state index is -1.10. The molecule has 3 amide bonds. The number of hydrogen-bond donors (Lipinski definition) is 4. The van der Waals surface area contributed by atoms with Crippen LogP contribution in [0.1, 0.15) is 19.3 Å². The number of hydrogen-bond acceptors (Lipinski definition) is 7. The molecule has 0 radical (unpaired) electrons. The van der Waals surface area contributed by atoms with Gasteiger partial charge in [0.1, 0.15) is 18.1 Å². The summed E-state index contributed by atoms with van der Waals surface area (Å²) in [5.41, 5.74) is 0. The van der Waals surface area contributed by atoms with Crippen molar-refractivity contribution in [3.8, 4) is 0 Å². The van der Waals surface area contributed by atoms with Gasteiger partial charge < -0.3 is 21.1 Å². The normalized spacial score (nSPS) is 13.9. The Balaban J connectivity index is 5.05. The van der Waals surface area contributed by atoms with Crippen molar-refractivity contribution in [3.05, 3.63) is 0 Å². The zero-order valence-corrected chi connectivity index (χ0v) is 18.3. The number of nitrogens with one attached hydrogen (secondary N) is 3. The molecule has 0 aliphatic heterocycles. The molecule has 156 valence electrons. The second kappa shape index (κ2) is 15.9. The van der Waals surface area contributed by atoms with E-state index in [0.717, 1.165) is 0 Å². The van der Waals surface area contributed by atoms with E-state index in [1.807, 2.05) is 18.8 Å². The fourth-order valence-electron chi connectivity index (χ4n) is 2.15. The quantitative estimate of drug-likeness (QED) is 0.255. The molecule has 0 aromatic rings. The van der Waals surface area contributed by atoms with E-state index in [9.17, 15) is 24.3 Å². The van der Waals surface area contributed by atoms with E-state index in [-0.39, 0.29) is 0 Å². The number of thioether (sulfide) groups is 3. The van der Waals surface area contributed by atoms with Crippen LogP contribution in [0.25, 0.3) is 0 Å². The molecule has 0 saturated heterocycles. The summed E-state index contributed by atoms with van der Waals surface area (Å²) < 4.78 is 0. The van der Waals surface area contributed by atoms with Gasteiger partial charge in [0, 0.05) is 0 Å². The first kappa shape index (κ1) is 25.9. The van der Waals surface area contributed by atoms with Crippen LogP contribution in [-0.2, 0) is 19.2 Å². The van der Waals surface area contributed by atoms with Crippen LogP contribution in [0.2, 0.25) is 0 Å². The maximum absolute atomic E-state index is 12.6. The molecule has 0 fully saturated rings. The number of amides is 3. The molecule has 0 bridgehead atoms. The number of aliphatic carboxylic acids is 1. The van der Waals surface area contributed by atoms with Gasteiger partial charge in [0.25, 0.3) is 0 Å². The van der Waals surface area contributed by atoms with Crippen molar-refractivity contribution in [2.75, 3.05) is 36.0 Å². The van der Waals surface area contributed by atoms with Gasteiger partial charge in [0.15, 0.2) is 0 Å². The fourth-order valence-corrected chi connectivity index (χ4v) is 3.56. The summed E-state index contributed by atoms with van der Waals surface area (Å²) in [4.78, 5) is 47.1. The van der Waals surface area contributed by atoms with Gasteiger partial charge in [-0.3, -0.25) is 14.4 Å². The van der Waals surface area contributed by atoms with Crippen molar-refractivity contribution in [3.63, 3.8) is 0 Å². The van der Waals surface area contributed by atoms with Gasteiger partial charge in [0.05, 0.1) is 0 Å². The average molecular weight is 440 g/mol. The first-order valence-electron chi connectivity index (χ1n) is 8.41. The Kier molecular flexibility index (Phi) is 15.3. The van der Waals surface area contributed by atoms with Gasteiger partial charge in [-0.1, -0.05) is 0 Å². The van der Waals surface area contributed by atoms with E-state index in [4.69, 9.17) is 0 Å². The Morgan fingerprint density at radius 3 is 1.67 bits per heavy atom. The summed E-state index contributed by atoms with van der Waals surface area (Å²) in [6.07, 6.45) is 7.20. The smallest absolute Gasteiger partial charge is 0.326 e. The lowest BCUT2D eigenvalue weighted by Gasteiger charge is -2.23. The molecule has 4 N–H and O–H groups in total. The second-order valence-corrected chi connectivity index (χ2v) is 8.60. The molecule has 0 spiro atoms. The van der Waals surface area contributed by atoms with E-state index in [2.05, 4.69) is 16.0 Å². The number of rotatable bonds is 16. The summed E-state index contributed by atoms with van der Waals surface area (Å²) in [7, 11) is 0. The molecule has 0 rings (SSSR count). The van der Waals surface area contributed by atoms with Crippen LogP contribution in [0.5, 0.6) is 0 Å². The summed E-state index contributed by atoms with van der Waals surface area (Å²) in [6.45, 7) is 0. The molecular formula is C16H29N3O5S3. The van der Waals surface area contributed by atoms with Crippen LogP contribution in [0.3, 0.4) is 0 Å². The Labute approximate surface area is 173 Å². The Morgan fingerprint density at radius 2 is 1.22 bits per heavy atom. The van der Waals surface area contributed by atoms with Crippen molar-refractivity contribution < 1.29 is 24.3 Å². The van der Waals surface area contributed by atoms with Crippen molar-refractivity contribution >= 4 is 59.5 Å². The molecule has 11 heteroatoms. The van der Waals surface area contributed by atoms with Gasteiger partial charge in [0.2, 0.25) is 18.2 Å². The highest BCUT2D eigenvalue weighted by molar-refractivity contribution is 7.98. The Bertz CT molecular complexity index is 482. The molecule has 0 aliphatic rings. The SMILES string of the molecule is CSCC[C@H](NC(=O)[C@H](CCSC)NC(=O)[C@H](CCSC)NC=O)C(=O)O. The molecule has 27 heavy (non-hydrogen) atoms. The van der Waals surface area contributed by atoms with Crippen LogP contribution in [0.15, 0.2) is 0 Å². The third-order valence-corrected chi connectivity index (χ3v) is 5.60. The highest BCUT2D eigenvalue weighted by Crippen LogP contribution is 2.07. The molecule has 3 atom stereocenters. The maximum Gasteiger partial charge on any atom is 0.326 e. The second-order valence-electron chi connectivity index (χ2n) is 5.64. The van der Waals surface area contributed by atoms with Crippen LogP contribution in [0, 0.1) is 0 Å². The van der Waals surface area contributed by atoms with Crippen LogP contribution < -0.4 is 16.0 Å². The lowest BCUT2D eigenvalue weighted by molar-refractivity contribution is -0.142. The van der Waals surface area contributed by atoms with Crippen LogP contribution in [-0.4, -0.2) is 83.5 Å². The standard InChI is InChI=1S/C16H29N3O5S3/c1-25-7-4-11(17-10-20)14(21)18-12(5-8-26-2)15(22)19-13(16(23)24)6-9-27-3/h10-13H,4-9H2,1-3H3,(H,17,20)(H,18,21)(H,19,22)(H,23,24)/t11-,12-,13-/m0/s1. The van der Waals surface area contributed by atoms with Crippen molar-refractivity contribution in [1.82, 2.24) is 16.0 Å². The molecular weight excluding hydrogens is 410 g/mol. The first-order chi connectivity index (χ1) is 12.9. The van der Waals surface area contributed by atoms with E-state index in [1.165, 1.54) is 23.5 Å². The third kappa shape index (κ3) is 11.4. The van der Waals surface area contributed by atoms with Crippen LogP contribution in [0.4, 0.5) is 0 Å². The van der Waals surface area contributed by atoms with Gasteiger partial charge in [-0.25, -0.2) is 4.79 Å². The minimum absolute atomic E-state index is 0.300. The monoisotopic (exact) mass is 439 g/mol. The highest BCUT2D eigenvalue weighted by atomic mass is 32.2. The predicted octanol–water partition coefficient (Wildman–Crippen LogP) is 0.415. The molecule has 0 heterocycles. The highest BCUT2D eigenvalue weighted by Gasteiger charge is 2.28. The molecule has 0 aromatic heterocycles. The topological polar surface area (TPSA) is 125 Å². The van der Waals surface area contributed by atoms with Gasteiger partial charge in [-0.15, -0.1) is 0 Å². The molecule has 0 aliphatic carbocycles. The van der Waals surface area contributed by atoms with E-state index in [0.29, 0.717) is 42.9 Å². The lowest BCUT2D eigenvalue weighted by atomic mass is 10.1. The summed E-state index contributed by atoms with van der Waals surface area (Å²) in [5.74, 6) is -0.186. The van der Waals surface area contributed by atoms with Crippen molar-refractivity contribution in [2.45, 2.75) is 37.4 Å². The van der Waals surface area contributed by atoms with Crippen molar-refractivity contribution in [2.24, 2.45) is 0 Å². The van der Waals surface area contributed by atoms with E-state index < -0.39 is 35.9 Å². The van der Waals surface area contributed by atoms with E-state index >= 15 is 0 Å². The fraction of sp³-hybridized carbons (Fsp3) is 0.750. The Morgan fingerprint density at radius 1 is 0.815 bits per heavy atom. The van der Waals surface area contributed by atoms with E-state index in [1.54, 1.807) is 11.8 Å². The number of carbonyl (C=O) groups excluding carboxylic acids is 3. The molecule has 0 aromatic carbocycles. The number of carbonyl (C=O) groups is 4. The summed E-state index contributed by atoms with van der Waals surface area (Å²) in [6, 6.07) is -2.59. The predicted molar refractivity (Wildman–Crippen MR) is 113 cm³/mol. The average Bonchev–Trinajstić information content (AvgIpc) is 2.64. The zero-order chi connectivity index (χ0) is 20.7. The summed E-state index contributed by atoms with van der Waals surface area (Å²) in [5, 5.41) is 16.9. The minimum Gasteiger partial charge on any atom is -0.480 e.